The molecule has 0 amide bonds. The van der Waals surface area contributed by atoms with Gasteiger partial charge in [-0.25, -0.2) is 9.97 Å². The first kappa shape index (κ1) is 20.7. The van der Waals surface area contributed by atoms with Gasteiger partial charge in [0.2, 0.25) is 0 Å². The van der Waals surface area contributed by atoms with Gasteiger partial charge in [0.15, 0.2) is 5.65 Å². The van der Waals surface area contributed by atoms with E-state index in [9.17, 15) is 5.26 Å². The highest BCUT2D eigenvalue weighted by Gasteiger charge is 2.22. The molecule has 1 aliphatic heterocycles. The molecule has 2 aliphatic rings. The van der Waals surface area contributed by atoms with Crippen molar-refractivity contribution in [2.75, 3.05) is 37.8 Å². The third-order valence-corrected chi connectivity index (χ3v) is 6.48. The van der Waals surface area contributed by atoms with E-state index in [2.05, 4.69) is 45.2 Å². The predicted molar refractivity (Wildman–Crippen MR) is 131 cm³/mol. The van der Waals surface area contributed by atoms with Gasteiger partial charge >= 0.3 is 0 Å². The number of anilines is 1. The number of ether oxygens (including phenoxy) is 2. The van der Waals surface area contributed by atoms with Gasteiger partial charge in [-0.05, 0) is 66.8 Å². The van der Waals surface area contributed by atoms with Crippen LogP contribution in [0.5, 0.6) is 5.75 Å². The molecule has 0 unspecified atom stereocenters. The third-order valence-electron chi connectivity index (χ3n) is 6.48. The molecule has 1 saturated carbocycles. The summed E-state index contributed by atoms with van der Waals surface area (Å²) >= 11 is 0. The molecule has 0 spiro atoms. The number of imidazole rings is 1. The normalized spacial score (nSPS) is 15.9. The molecule has 0 bridgehead atoms. The minimum atomic E-state index is 0.539. The fraction of sp³-hybridized carbons (Fsp3) is 0.296. The lowest BCUT2D eigenvalue weighted by atomic mass is 10.0. The Morgan fingerprint density at radius 1 is 1.06 bits per heavy atom. The minimum absolute atomic E-state index is 0.539. The summed E-state index contributed by atoms with van der Waals surface area (Å²) in [5.41, 5.74) is 6.09. The van der Waals surface area contributed by atoms with Crippen molar-refractivity contribution in [3.05, 3.63) is 60.3 Å². The highest BCUT2D eigenvalue weighted by molar-refractivity contribution is 5.91. The quantitative estimate of drug-likeness (QED) is 0.454. The largest absolute Gasteiger partial charge is 0.492 e. The van der Waals surface area contributed by atoms with Crippen LogP contribution in [0.25, 0.3) is 33.7 Å². The van der Waals surface area contributed by atoms with Gasteiger partial charge in [-0.2, -0.15) is 5.26 Å². The predicted octanol–water partition coefficient (Wildman–Crippen LogP) is 4.79. The Hall–Kier alpha value is -3.89. The molecular weight excluding hydrogens is 426 g/mol. The number of nitrogens with one attached hydrogen (secondary N) is 1. The first-order chi connectivity index (χ1) is 16.8. The Morgan fingerprint density at radius 2 is 1.85 bits per heavy atom. The molecule has 0 atom stereocenters. The number of morpholine rings is 1. The molecule has 170 valence electrons. The van der Waals surface area contributed by atoms with Gasteiger partial charge < -0.3 is 19.4 Å². The average molecular weight is 452 g/mol. The summed E-state index contributed by atoms with van der Waals surface area (Å²) in [6.07, 6.45) is 4.20. The van der Waals surface area contributed by atoms with E-state index >= 15 is 0 Å². The van der Waals surface area contributed by atoms with E-state index in [1.54, 1.807) is 6.20 Å². The van der Waals surface area contributed by atoms with E-state index in [-0.39, 0.29) is 0 Å². The Bertz CT molecular complexity index is 1360. The van der Waals surface area contributed by atoms with Gasteiger partial charge in [0.1, 0.15) is 23.2 Å². The fourth-order valence-electron chi connectivity index (χ4n) is 4.33. The van der Waals surface area contributed by atoms with Crippen LogP contribution < -0.4 is 9.64 Å². The van der Waals surface area contributed by atoms with E-state index < -0.39 is 0 Å². The SMILES string of the molecule is N#Cc1cc(-c2ccnc3[nH]c(-c4ccc(N5CCOCC5)cc4)nc23)ccc1OCC1CC1. The minimum Gasteiger partial charge on any atom is -0.492 e. The first-order valence-corrected chi connectivity index (χ1v) is 11.7. The van der Waals surface area contributed by atoms with Crippen molar-refractivity contribution in [3.8, 4) is 34.3 Å². The van der Waals surface area contributed by atoms with Crippen molar-refractivity contribution < 1.29 is 9.47 Å². The molecule has 2 aromatic carbocycles. The lowest BCUT2D eigenvalue weighted by Crippen LogP contribution is -2.36. The van der Waals surface area contributed by atoms with Crippen molar-refractivity contribution in [2.45, 2.75) is 12.8 Å². The van der Waals surface area contributed by atoms with E-state index in [1.807, 2.05) is 24.3 Å². The zero-order chi connectivity index (χ0) is 22.9. The molecule has 2 fully saturated rings. The summed E-state index contributed by atoms with van der Waals surface area (Å²) in [5.74, 6) is 2.05. The van der Waals surface area contributed by atoms with Crippen molar-refractivity contribution >= 4 is 16.9 Å². The number of rotatable bonds is 6. The molecule has 1 N–H and O–H groups in total. The smallest absolute Gasteiger partial charge is 0.158 e. The Morgan fingerprint density at radius 3 is 2.62 bits per heavy atom. The summed E-state index contributed by atoms with van der Waals surface area (Å²) in [6, 6.07) is 18.4. The van der Waals surface area contributed by atoms with Gasteiger partial charge in [0.05, 0.1) is 25.4 Å². The number of fused-ring (bicyclic) bond motifs is 1. The number of aromatic nitrogens is 3. The highest BCUT2D eigenvalue weighted by atomic mass is 16.5. The fourth-order valence-corrected chi connectivity index (χ4v) is 4.33. The number of nitrogens with zero attached hydrogens (tertiary/aromatic N) is 4. The highest BCUT2D eigenvalue weighted by Crippen LogP contribution is 2.34. The van der Waals surface area contributed by atoms with E-state index in [4.69, 9.17) is 14.5 Å². The maximum absolute atomic E-state index is 9.68. The molecule has 4 aromatic rings. The van der Waals surface area contributed by atoms with Crippen LogP contribution in [0.1, 0.15) is 18.4 Å². The van der Waals surface area contributed by atoms with Crippen molar-refractivity contribution in [3.63, 3.8) is 0 Å². The van der Waals surface area contributed by atoms with Gasteiger partial charge in [-0.15, -0.1) is 0 Å². The monoisotopic (exact) mass is 451 g/mol. The van der Waals surface area contributed by atoms with Gasteiger partial charge in [-0.3, -0.25) is 0 Å². The standard InChI is InChI=1S/C27H25N5O2/c28-16-21-15-20(5-8-24(21)34-17-18-1-2-18)23-9-10-29-27-25(23)30-26(31-27)19-3-6-22(7-4-19)32-11-13-33-14-12-32/h3-10,15,18H,1-2,11-14,17H2,(H,29,30,31). The molecular formula is C27H25N5O2. The average Bonchev–Trinajstić information content (AvgIpc) is 3.63. The molecule has 2 aromatic heterocycles. The summed E-state index contributed by atoms with van der Waals surface area (Å²) in [5, 5.41) is 9.68. The Kier molecular flexibility index (Phi) is 5.36. The summed E-state index contributed by atoms with van der Waals surface area (Å²) in [7, 11) is 0. The molecule has 34 heavy (non-hydrogen) atoms. The van der Waals surface area contributed by atoms with E-state index in [0.29, 0.717) is 23.8 Å². The van der Waals surface area contributed by atoms with Crippen LogP contribution >= 0.6 is 0 Å². The van der Waals surface area contributed by atoms with Crippen molar-refractivity contribution in [2.24, 2.45) is 5.92 Å². The van der Waals surface area contributed by atoms with E-state index in [1.165, 1.54) is 18.5 Å². The number of hydrogen-bond donors (Lipinski definition) is 1. The number of hydrogen-bond acceptors (Lipinski definition) is 6. The topological polar surface area (TPSA) is 87.1 Å². The van der Waals surface area contributed by atoms with Crippen LogP contribution in [0.4, 0.5) is 5.69 Å². The van der Waals surface area contributed by atoms with E-state index in [0.717, 1.165) is 60.0 Å². The first-order valence-electron chi connectivity index (χ1n) is 11.7. The summed E-state index contributed by atoms with van der Waals surface area (Å²) in [4.78, 5) is 15.1. The maximum Gasteiger partial charge on any atom is 0.158 e. The third kappa shape index (κ3) is 4.09. The second kappa shape index (κ2) is 8.81. The number of nitriles is 1. The molecule has 6 rings (SSSR count). The molecule has 7 nitrogen and oxygen atoms in total. The van der Waals surface area contributed by atoms with Crippen LogP contribution in [-0.2, 0) is 4.74 Å². The van der Waals surface area contributed by atoms with Crippen LogP contribution in [0, 0.1) is 17.2 Å². The summed E-state index contributed by atoms with van der Waals surface area (Å²) in [6.45, 7) is 4.03. The number of benzene rings is 2. The van der Waals surface area contributed by atoms with Gasteiger partial charge in [-0.1, -0.05) is 6.07 Å². The summed E-state index contributed by atoms with van der Waals surface area (Å²) < 4.78 is 11.3. The van der Waals surface area contributed by atoms with Gasteiger partial charge in [0.25, 0.3) is 0 Å². The molecule has 3 heterocycles. The van der Waals surface area contributed by atoms with Crippen LogP contribution in [0.3, 0.4) is 0 Å². The lowest BCUT2D eigenvalue weighted by Gasteiger charge is -2.28. The second-order valence-electron chi connectivity index (χ2n) is 8.86. The van der Waals surface area contributed by atoms with Crippen LogP contribution in [0.2, 0.25) is 0 Å². The number of aromatic amines is 1. The zero-order valence-electron chi connectivity index (χ0n) is 18.8. The maximum atomic E-state index is 9.68. The van der Waals surface area contributed by atoms with Gasteiger partial charge in [0, 0.05) is 36.1 Å². The molecule has 7 heteroatoms. The number of H-pyrrole nitrogens is 1. The number of pyridine rings is 1. The lowest BCUT2D eigenvalue weighted by molar-refractivity contribution is 0.122. The second-order valence-corrected chi connectivity index (χ2v) is 8.86. The molecule has 0 radical (unpaired) electrons. The zero-order valence-corrected chi connectivity index (χ0v) is 18.8. The molecule has 1 saturated heterocycles. The molecule has 1 aliphatic carbocycles. The Labute approximate surface area is 198 Å². The van der Waals surface area contributed by atoms with Crippen LogP contribution in [0.15, 0.2) is 54.7 Å². The van der Waals surface area contributed by atoms with Crippen molar-refractivity contribution in [1.29, 1.82) is 5.26 Å². The van der Waals surface area contributed by atoms with Crippen LogP contribution in [-0.4, -0.2) is 47.9 Å². The Balaban J connectivity index is 1.30. The van der Waals surface area contributed by atoms with Crippen molar-refractivity contribution in [1.82, 2.24) is 15.0 Å².